The summed E-state index contributed by atoms with van der Waals surface area (Å²) >= 11 is 0. The number of carbonyl (C=O) groups excluding carboxylic acids is 1. The molecule has 0 radical (unpaired) electrons. The predicted octanol–water partition coefficient (Wildman–Crippen LogP) is 1.01. The van der Waals surface area contributed by atoms with Gasteiger partial charge in [0.2, 0.25) is 0 Å². The summed E-state index contributed by atoms with van der Waals surface area (Å²) in [4.78, 5) is 15.4. The van der Waals surface area contributed by atoms with Crippen LogP contribution in [0.1, 0.15) is 12.6 Å². The Morgan fingerprint density at radius 1 is 1.59 bits per heavy atom. The molecule has 6 heteroatoms. The Morgan fingerprint density at radius 2 is 2.41 bits per heavy atom. The summed E-state index contributed by atoms with van der Waals surface area (Å²) in [5.74, 6) is 0.327. The van der Waals surface area contributed by atoms with E-state index in [4.69, 9.17) is 4.74 Å². The normalized spacial score (nSPS) is 10.5. The van der Waals surface area contributed by atoms with Gasteiger partial charge in [0.15, 0.2) is 5.82 Å². The second-order valence-electron chi connectivity index (χ2n) is 3.55. The summed E-state index contributed by atoms with van der Waals surface area (Å²) in [7, 11) is 0. The average Bonchev–Trinajstić information content (AvgIpc) is 2.67. The van der Waals surface area contributed by atoms with Gasteiger partial charge in [-0.1, -0.05) is 0 Å². The molecule has 2 heterocycles. The topological polar surface area (TPSA) is 68.5 Å². The molecule has 17 heavy (non-hydrogen) atoms. The van der Waals surface area contributed by atoms with Crippen molar-refractivity contribution < 1.29 is 9.53 Å². The molecule has 0 saturated carbocycles. The maximum atomic E-state index is 11.2. The molecule has 0 saturated heterocycles. The highest BCUT2D eigenvalue weighted by Gasteiger charge is 2.07. The van der Waals surface area contributed by atoms with Gasteiger partial charge in [-0.15, -0.1) is 0 Å². The number of carbonyl (C=O) groups is 1. The van der Waals surface area contributed by atoms with Crippen molar-refractivity contribution in [3.8, 4) is 0 Å². The molecule has 6 nitrogen and oxygen atoms in total. The molecule has 0 aromatic carbocycles. The zero-order chi connectivity index (χ0) is 12.3. The van der Waals surface area contributed by atoms with Gasteiger partial charge in [0, 0.05) is 12.4 Å². The molecule has 0 fully saturated rings. The van der Waals surface area contributed by atoms with E-state index in [0.29, 0.717) is 12.4 Å². The SMILES string of the molecule is CCOC(=O)CNc1nccn2nc(C)cc12. The lowest BCUT2D eigenvalue weighted by Gasteiger charge is -2.06. The van der Waals surface area contributed by atoms with Crippen LogP contribution in [0.3, 0.4) is 0 Å². The Labute approximate surface area is 98.6 Å². The van der Waals surface area contributed by atoms with E-state index < -0.39 is 0 Å². The monoisotopic (exact) mass is 234 g/mol. The Kier molecular flexibility index (Phi) is 3.22. The first-order valence-corrected chi connectivity index (χ1v) is 5.41. The molecule has 0 aliphatic heterocycles. The third-order valence-electron chi connectivity index (χ3n) is 2.22. The van der Waals surface area contributed by atoms with Crippen molar-refractivity contribution in [2.75, 3.05) is 18.5 Å². The lowest BCUT2D eigenvalue weighted by atomic mass is 10.4. The molecule has 0 amide bonds. The first kappa shape index (κ1) is 11.4. The standard InChI is InChI=1S/C11H14N4O2/c1-3-17-10(16)7-13-11-9-6-8(2)14-15(9)5-4-12-11/h4-6H,3,7H2,1-2H3,(H,12,13). The lowest BCUT2D eigenvalue weighted by Crippen LogP contribution is -2.17. The van der Waals surface area contributed by atoms with Crippen LogP contribution < -0.4 is 5.32 Å². The van der Waals surface area contributed by atoms with Crippen LogP contribution in [0.4, 0.5) is 5.82 Å². The Balaban J connectivity index is 2.15. The van der Waals surface area contributed by atoms with Crippen molar-refractivity contribution in [3.05, 3.63) is 24.2 Å². The van der Waals surface area contributed by atoms with Gasteiger partial charge in [0.05, 0.1) is 12.3 Å². The highest BCUT2D eigenvalue weighted by atomic mass is 16.5. The third kappa shape index (κ3) is 2.52. The number of aromatic nitrogens is 3. The molecule has 2 aromatic rings. The second-order valence-corrected chi connectivity index (χ2v) is 3.55. The highest BCUT2D eigenvalue weighted by molar-refractivity contribution is 5.77. The van der Waals surface area contributed by atoms with Gasteiger partial charge in [-0.05, 0) is 19.9 Å². The number of aryl methyl sites for hydroxylation is 1. The lowest BCUT2D eigenvalue weighted by molar-refractivity contribution is -0.140. The number of esters is 1. The fourth-order valence-electron chi connectivity index (χ4n) is 1.55. The molecule has 0 bridgehead atoms. The summed E-state index contributed by atoms with van der Waals surface area (Å²) in [6.45, 7) is 4.16. The molecule has 0 atom stereocenters. The van der Waals surface area contributed by atoms with Crippen LogP contribution in [0.5, 0.6) is 0 Å². The van der Waals surface area contributed by atoms with E-state index in [-0.39, 0.29) is 12.5 Å². The van der Waals surface area contributed by atoms with E-state index in [0.717, 1.165) is 11.2 Å². The van der Waals surface area contributed by atoms with Crippen LogP contribution in [0, 0.1) is 6.92 Å². The van der Waals surface area contributed by atoms with Crippen molar-refractivity contribution >= 4 is 17.3 Å². The summed E-state index contributed by atoms with van der Waals surface area (Å²) in [5.41, 5.74) is 1.74. The maximum Gasteiger partial charge on any atom is 0.325 e. The van der Waals surface area contributed by atoms with E-state index in [2.05, 4.69) is 15.4 Å². The van der Waals surface area contributed by atoms with Gasteiger partial charge in [-0.3, -0.25) is 4.79 Å². The van der Waals surface area contributed by atoms with Crippen LogP contribution >= 0.6 is 0 Å². The van der Waals surface area contributed by atoms with Crippen LogP contribution in [0.15, 0.2) is 18.5 Å². The van der Waals surface area contributed by atoms with Crippen LogP contribution in [-0.4, -0.2) is 33.7 Å². The number of ether oxygens (including phenoxy) is 1. The third-order valence-corrected chi connectivity index (χ3v) is 2.22. The summed E-state index contributed by atoms with van der Waals surface area (Å²) in [5, 5.41) is 7.20. The Hall–Kier alpha value is -2.11. The van der Waals surface area contributed by atoms with Crippen LogP contribution in [-0.2, 0) is 9.53 Å². The summed E-state index contributed by atoms with van der Waals surface area (Å²) in [6.07, 6.45) is 3.39. The fraction of sp³-hybridized carbons (Fsp3) is 0.364. The van der Waals surface area contributed by atoms with E-state index in [1.54, 1.807) is 23.8 Å². The fourth-order valence-corrected chi connectivity index (χ4v) is 1.55. The molecular formula is C11H14N4O2. The molecule has 0 aliphatic carbocycles. The number of rotatable bonds is 4. The van der Waals surface area contributed by atoms with Gasteiger partial charge < -0.3 is 10.1 Å². The zero-order valence-corrected chi connectivity index (χ0v) is 9.80. The molecule has 2 rings (SSSR count). The minimum absolute atomic E-state index is 0.102. The number of nitrogens with one attached hydrogen (secondary N) is 1. The van der Waals surface area contributed by atoms with E-state index >= 15 is 0 Å². The second kappa shape index (κ2) is 4.82. The quantitative estimate of drug-likeness (QED) is 0.800. The van der Waals surface area contributed by atoms with Crippen molar-refractivity contribution in [3.63, 3.8) is 0 Å². The number of nitrogens with zero attached hydrogens (tertiary/aromatic N) is 3. The summed E-state index contributed by atoms with van der Waals surface area (Å²) in [6, 6.07) is 1.90. The molecule has 0 spiro atoms. The number of anilines is 1. The smallest absolute Gasteiger partial charge is 0.325 e. The maximum absolute atomic E-state index is 11.2. The van der Waals surface area contributed by atoms with Gasteiger partial charge in [0.25, 0.3) is 0 Å². The Bertz CT molecular complexity index is 535. The van der Waals surface area contributed by atoms with Gasteiger partial charge >= 0.3 is 5.97 Å². The zero-order valence-electron chi connectivity index (χ0n) is 9.80. The highest BCUT2D eigenvalue weighted by Crippen LogP contribution is 2.13. The number of fused-ring (bicyclic) bond motifs is 1. The minimum Gasteiger partial charge on any atom is -0.465 e. The average molecular weight is 234 g/mol. The van der Waals surface area contributed by atoms with E-state index in [1.807, 2.05) is 13.0 Å². The molecule has 0 aliphatic rings. The number of hydrogen-bond acceptors (Lipinski definition) is 5. The van der Waals surface area contributed by atoms with Crippen molar-refractivity contribution in [2.45, 2.75) is 13.8 Å². The van der Waals surface area contributed by atoms with Crippen LogP contribution in [0.25, 0.3) is 5.52 Å². The first-order valence-electron chi connectivity index (χ1n) is 5.41. The molecule has 2 aromatic heterocycles. The molecule has 90 valence electrons. The van der Waals surface area contributed by atoms with Gasteiger partial charge in [0.1, 0.15) is 12.1 Å². The molecule has 1 N–H and O–H groups in total. The van der Waals surface area contributed by atoms with Crippen molar-refractivity contribution in [1.29, 1.82) is 0 Å². The Morgan fingerprint density at radius 3 is 3.18 bits per heavy atom. The minimum atomic E-state index is -0.299. The molecule has 0 unspecified atom stereocenters. The first-order chi connectivity index (χ1) is 8.20. The largest absolute Gasteiger partial charge is 0.465 e. The summed E-state index contributed by atoms with van der Waals surface area (Å²) < 4.78 is 6.55. The van der Waals surface area contributed by atoms with E-state index in [1.165, 1.54) is 0 Å². The predicted molar refractivity (Wildman–Crippen MR) is 62.8 cm³/mol. The van der Waals surface area contributed by atoms with Gasteiger partial charge in [-0.2, -0.15) is 5.10 Å². The molecular weight excluding hydrogens is 220 g/mol. The van der Waals surface area contributed by atoms with Crippen LogP contribution in [0.2, 0.25) is 0 Å². The van der Waals surface area contributed by atoms with E-state index in [9.17, 15) is 4.79 Å². The number of hydrogen-bond donors (Lipinski definition) is 1. The van der Waals surface area contributed by atoms with Gasteiger partial charge in [-0.25, -0.2) is 9.50 Å². The van der Waals surface area contributed by atoms with Crippen molar-refractivity contribution in [2.24, 2.45) is 0 Å². The van der Waals surface area contributed by atoms with Crippen molar-refractivity contribution in [1.82, 2.24) is 14.6 Å².